The molecule has 0 aliphatic carbocycles. The molecule has 0 aromatic rings. The first-order valence-corrected chi connectivity index (χ1v) is 19.3. The first-order chi connectivity index (χ1) is 23.9. The van der Waals surface area contributed by atoms with Crippen molar-refractivity contribution < 1.29 is 53.6 Å². The normalized spacial score (nSPS) is 42.6. The van der Waals surface area contributed by atoms with Gasteiger partial charge in [0.2, 0.25) is 0 Å². The molecule has 2 saturated heterocycles. The third-order valence-electron chi connectivity index (χ3n) is 12.8. The fraction of sp³-hybridized carbons (Fsp3) is 0.925. The number of aliphatic hydroxyl groups is 4. The number of nitrogens with zero attached hydrogens (tertiary/aromatic N) is 1. The molecule has 17 unspecified atom stereocenters. The van der Waals surface area contributed by atoms with Crippen LogP contribution in [0.2, 0.25) is 0 Å². The Morgan fingerprint density at radius 1 is 1.08 bits per heavy atom. The molecule has 306 valence electrons. The Labute approximate surface area is 314 Å². The highest BCUT2D eigenvalue weighted by Crippen LogP contribution is 2.42. The van der Waals surface area contributed by atoms with Gasteiger partial charge in [0, 0.05) is 44.6 Å². The quantitative estimate of drug-likeness (QED) is 0.166. The Kier molecular flexibility index (Phi) is 17.3. The standard InChI is InChI=1S/C40H75NO11/c1-17-31-40(12,46)34(44)25(5)24(4)22(2)21-39(11,48-16)35(52-37-32(43)30(41(13)14)20-23(3)50-37)26(6)33(27(7)36(45)51-31)49-19-18-38(10,47-15)28(8)29(9)42/h22-23,25-35,37,42-44,46H,4,17-21H2,1-3,5-16H3. The molecular weight excluding hydrogens is 670 g/mol. The van der Waals surface area contributed by atoms with Crippen molar-refractivity contribution in [2.45, 2.75) is 174 Å². The smallest absolute Gasteiger partial charge is 0.311 e. The van der Waals surface area contributed by atoms with E-state index in [0.717, 1.165) is 0 Å². The van der Waals surface area contributed by atoms with Gasteiger partial charge in [0.1, 0.15) is 17.8 Å². The van der Waals surface area contributed by atoms with Crippen LogP contribution >= 0.6 is 0 Å². The Morgan fingerprint density at radius 2 is 1.67 bits per heavy atom. The zero-order valence-corrected chi connectivity index (χ0v) is 34.9. The van der Waals surface area contributed by atoms with E-state index in [1.807, 2.05) is 67.5 Å². The van der Waals surface area contributed by atoms with E-state index in [1.54, 1.807) is 35.0 Å². The average Bonchev–Trinajstić information content (AvgIpc) is 3.09. The number of aliphatic hydroxyl groups excluding tert-OH is 3. The molecule has 0 aromatic heterocycles. The van der Waals surface area contributed by atoms with Gasteiger partial charge in [-0.1, -0.05) is 46.8 Å². The predicted molar refractivity (Wildman–Crippen MR) is 201 cm³/mol. The molecule has 52 heavy (non-hydrogen) atoms. The Balaban J connectivity index is 2.77. The molecule has 2 rings (SSSR count). The molecule has 0 spiro atoms. The van der Waals surface area contributed by atoms with Gasteiger partial charge in [-0.3, -0.25) is 4.79 Å². The Hall–Kier alpha value is -1.19. The van der Waals surface area contributed by atoms with Crippen molar-refractivity contribution in [1.29, 1.82) is 0 Å². The van der Waals surface area contributed by atoms with E-state index in [-0.39, 0.29) is 37.0 Å². The van der Waals surface area contributed by atoms with Crippen LogP contribution in [-0.4, -0.2) is 138 Å². The Morgan fingerprint density at radius 3 is 2.17 bits per heavy atom. The van der Waals surface area contributed by atoms with Crippen molar-refractivity contribution in [1.82, 2.24) is 4.90 Å². The largest absolute Gasteiger partial charge is 0.459 e. The van der Waals surface area contributed by atoms with E-state index in [4.69, 9.17) is 28.4 Å². The number of carbonyl (C=O) groups excluding carboxylic acids is 1. The van der Waals surface area contributed by atoms with Gasteiger partial charge in [-0.15, -0.1) is 0 Å². The van der Waals surface area contributed by atoms with Crippen LogP contribution in [0.15, 0.2) is 12.2 Å². The van der Waals surface area contributed by atoms with E-state index < -0.39 is 83.4 Å². The third kappa shape index (κ3) is 10.6. The minimum absolute atomic E-state index is 0.172. The first kappa shape index (κ1) is 47.0. The minimum Gasteiger partial charge on any atom is -0.459 e. The van der Waals surface area contributed by atoms with Gasteiger partial charge in [0.05, 0.1) is 47.6 Å². The van der Waals surface area contributed by atoms with E-state index in [1.165, 1.54) is 6.92 Å². The third-order valence-corrected chi connectivity index (χ3v) is 12.8. The van der Waals surface area contributed by atoms with Crippen LogP contribution in [0.1, 0.15) is 102 Å². The molecule has 0 radical (unpaired) electrons. The number of hydrogen-bond donors (Lipinski definition) is 4. The fourth-order valence-electron chi connectivity index (χ4n) is 8.37. The van der Waals surface area contributed by atoms with Crippen LogP contribution in [0.5, 0.6) is 0 Å². The van der Waals surface area contributed by atoms with Crippen LogP contribution in [0.4, 0.5) is 0 Å². The molecule has 2 aliphatic heterocycles. The summed E-state index contributed by atoms with van der Waals surface area (Å²) in [6.45, 7) is 24.8. The second-order valence-corrected chi connectivity index (χ2v) is 16.9. The molecule has 0 amide bonds. The molecule has 17 atom stereocenters. The van der Waals surface area contributed by atoms with E-state index >= 15 is 0 Å². The molecule has 12 heteroatoms. The highest BCUT2D eigenvalue weighted by atomic mass is 16.7. The maximum absolute atomic E-state index is 14.1. The van der Waals surface area contributed by atoms with Crippen molar-refractivity contribution in [3.05, 3.63) is 12.2 Å². The SMILES string of the molecule is C=C1C(C)CC(C)(OC)C(OC2OC(C)CC(N(C)C)C2O)C(C)C(OCCC(C)(OC)C(C)C(C)O)C(C)C(=O)OC(CC)C(C)(O)C(O)C1C. The lowest BCUT2D eigenvalue weighted by Crippen LogP contribution is -2.60. The lowest BCUT2D eigenvalue weighted by molar-refractivity contribution is -0.302. The summed E-state index contributed by atoms with van der Waals surface area (Å²) in [4.78, 5) is 16.1. The second-order valence-electron chi connectivity index (χ2n) is 16.9. The summed E-state index contributed by atoms with van der Waals surface area (Å²) in [5.74, 6) is -3.02. The molecule has 12 nitrogen and oxygen atoms in total. The second kappa shape index (κ2) is 19.1. The zero-order valence-electron chi connectivity index (χ0n) is 34.9. The van der Waals surface area contributed by atoms with Gasteiger partial charge in [-0.25, -0.2) is 0 Å². The lowest BCUT2D eigenvalue weighted by Gasteiger charge is -2.49. The van der Waals surface area contributed by atoms with Gasteiger partial charge >= 0.3 is 5.97 Å². The average molecular weight is 746 g/mol. The first-order valence-electron chi connectivity index (χ1n) is 19.3. The van der Waals surface area contributed by atoms with E-state index in [9.17, 15) is 25.2 Å². The minimum atomic E-state index is -1.78. The number of methoxy groups -OCH3 is 2. The molecule has 0 saturated carbocycles. The van der Waals surface area contributed by atoms with Crippen LogP contribution in [0, 0.1) is 29.6 Å². The molecule has 2 aliphatic rings. The summed E-state index contributed by atoms with van der Waals surface area (Å²) in [5, 5.41) is 45.3. The van der Waals surface area contributed by atoms with Crippen molar-refractivity contribution in [2.24, 2.45) is 29.6 Å². The molecule has 0 aromatic carbocycles. The number of esters is 1. The number of rotatable bonds is 12. The molecule has 0 bridgehead atoms. The molecule has 2 fully saturated rings. The van der Waals surface area contributed by atoms with Gasteiger partial charge in [0.25, 0.3) is 0 Å². The molecular formula is C40H75NO11. The van der Waals surface area contributed by atoms with Crippen LogP contribution in [-0.2, 0) is 33.2 Å². The summed E-state index contributed by atoms with van der Waals surface area (Å²) in [6.07, 6.45) is -5.05. The van der Waals surface area contributed by atoms with Crippen LogP contribution in [0.25, 0.3) is 0 Å². The van der Waals surface area contributed by atoms with Crippen molar-refractivity contribution in [3.63, 3.8) is 0 Å². The van der Waals surface area contributed by atoms with Crippen molar-refractivity contribution in [3.8, 4) is 0 Å². The van der Waals surface area contributed by atoms with Crippen molar-refractivity contribution in [2.75, 3.05) is 34.9 Å². The number of ether oxygens (including phenoxy) is 6. The van der Waals surface area contributed by atoms with Crippen LogP contribution in [0.3, 0.4) is 0 Å². The molecule has 4 N–H and O–H groups in total. The van der Waals surface area contributed by atoms with Gasteiger partial charge in [0.15, 0.2) is 6.29 Å². The lowest BCUT2D eigenvalue weighted by atomic mass is 9.72. The van der Waals surface area contributed by atoms with Gasteiger partial charge in [-0.05, 0) is 87.2 Å². The summed E-state index contributed by atoms with van der Waals surface area (Å²) in [6, 6.07) is -0.222. The van der Waals surface area contributed by atoms with Crippen molar-refractivity contribution >= 4 is 5.97 Å². The summed E-state index contributed by atoms with van der Waals surface area (Å²) in [7, 11) is 7.05. The number of cyclic esters (lactones) is 1. The summed E-state index contributed by atoms with van der Waals surface area (Å²) < 4.78 is 38.2. The highest BCUT2D eigenvalue weighted by Gasteiger charge is 2.52. The monoisotopic (exact) mass is 746 g/mol. The summed E-state index contributed by atoms with van der Waals surface area (Å²) in [5.41, 5.74) is -2.86. The summed E-state index contributed by atoms with van der Waals surface area (Å²) >= 11 is 0. The predicted octanol–water partition coefficient (Wildman–Crippen LogP) is 4.34. The topological polar surface area (TPSA) is 157 Å². The Bertz CT molecular complexity index is 1130. The van der Waals surface area contributed by atoms with E-state index in [2.05, 4.69) is 6.58 Å². The zero-order chi connectivity index (χ0) is 40.1. The van der Waals surface area contributed by atoms with Gasteiger partial charge in [-0.2, -0.15) is 0 Å². The van der Waals surface area contributed by atoms with E-state index in [0.29, 0.717) is 24.8 Å². The van der Waals surface area contributed by atoms with Crippen LogP contribution < -0.4 is 0 Å². The number of likely N-dealkylation sites (N-methyl/N-ethyl adjacent to an activating group) is 1. The maximum Gasteiger partial charge on any atom is 0.311 e. The van der Waals surface area contributed by atoms with Gasteiger partial charge < -0.3 is 53.7 Å². The highest BCUT2D eigenvalue weighted by molar-refractivity contribution is 5.73. The maximum atomic E-state index is 14.1. The number of carbonyl (C=O) groups is 1. The number of hydrogen-bond acceptors (Lipinski definition) is 12. The fourth-order valence-corrected chi connectivity index (χ4v) is 8.37. The molecule has 2 heterocycles.